The zero-order valence-electron chi connectivity index (χ0n) is 9.48. The van der Waals surface area contributed by atoms with E-state index in [2.05, 4.69) is 22.4 Å². The lowest BCUT2D eigenvalue weighted by molar-refractivity contribution is 0.0996. The van der Waals surface area contributed by atoms with Crippen LogP contribution < -0.4 is 5.32 Å². The Bertz CT molecular complexity index is 366. The lowest BCUT2D eigenvalue weighted by Crippen LogP contribution is -2.15. The molecule has 5 nitrogen and oxygen atoms in total. The van der Waals surface area contributed by atoms with Gasteiger partial charge in [-0.25, -0.2) is 0 Å². The Morgan fingerprint density at radius 3 is 3.06 bits per heavy atom. The Kier molecular flexibility index (Phi) is 2.55. The number of hydrogen-bond donors (Lipinski definition) is 1. The van der Waals surface area contributed by atoms with E-state index in [0.29, 0.717) is 24.1 Å². The third kappa shape index (κ3) is 1.69. The van der Waals surface area contributed by atoms with E-state index in [9.17, 15) is 0 Å². The lowest BCUT2D eigenvalue weighted by atomic mass is 9.89. The van der Waals surface area contributed by atoms with Crippen LogP contribution in [0.15, 0.2) is 4.52 Å². The van der Waals surface area contributed by atoms with Gasteiger partial charge in [-0.2, -0.15) is 4.98 Å². The van der Waals surface area contributed by atoms with Crippen molar-refractivity contribution in [1.29, 1.82) is 0 Å². The fourth-order valence-corrected chi connectivity index (χ4v) is 2.60. The quantitative estimate of drug-likeness (QED) is 0.845. The van der Waals surface area contributed by atoms with Crippen molar-refractivity contribution in [1.82, 2.24) is 10.1 Å². The molecule has 5 heteroatoms. The van der Waals surface area contributed by atoms with Crippen molar-refractivity contribution in [3.63, 3.8) is 0 Å². The van der Waals surface area contributed by atoms with E-state index in [0.717, 1.165) is 31.6 Å². The first-order chi connectivity index (χ1) is 7.86. The van der Waals surface area contributed by atoms with E-state index in [4.69, 9.17) is 9.26 Å². The fraction of sp³-hybridized carbons (Fsp3) is 0.818. The van der Waals surface area contributed by atoms with Gasteiger partial charge in [0, 0.05) is 6.54 Å². The van der Waals surface area contributed by atoms with E-state index in [1.165, 1.54) is 6.42 Å². The first kappa shape index (κ1) is 10.1. The summed E-state index contributed by atoms with van der Waals surface area (Å²) < 4.78 is 10.9. The topological polar surface area (TPSA) is 60.2 Å². The van der Waals surface area contributed by atoms with Gasteiger partial charge in [0.2, 0.25) is 0 Å². The minimum Gasteiger partial charge on any atom is -0.374 e. The van der Waals surface area contributed by atoms with Gasteiger partial charge < -0.3 is 14.6 Å². The standard InChI is InChI=1S/C11H17N3O2/c1-2-5-12-11-13-10(14-16-11)8-6-7-3-4-9(8)15-7/h7-9H,2-6H2,1H3,(H,12,13,14). The highest BCUT2D eigenvalue weighted by molar-refractivity contribution is 5.20. The summed E-state index contributed by atoms with van der Waals surface area (Å²) in [5, 5.41) is 7.14. The monoisotopic (exact) mass is 223 g/mol. The second-order valence-corrected chi connectivity index (χ2v) is 4.60. The summed E-state index contributed by atoms with van der Waals surface area (Å²) in [6.45, 7) is 2.98. The van der Waals surface area contributed by atoms with Crippen LogP contribution in [-0.2, 0) is 4.74 Å². The third-order valence-corrected chi connectivity index (χ3v) is 3.41. The van der Waals surface area contributed by atoms with Gasteiger partial charge in [-0.05, 0) is 25.7 Å². The first-order valence-electron chi connectivity index (χ1n) is 6.09. The highest BCUT2D eigenvalue weighted by atomic mass is 16.5. The molecule has 1 N–H and O–H groups in total. The van der Waals surface area contributed by atoms with E-state index in [1.807, 2.05) is 0 Å². The maximum atomic E-state index is 5.79. The van der Waals surface area contributed by atoms with Gasteiger partial charge in [0.15, 0.2) is 5.82 Å². The van der Waals surface area contributed by atoms with Crippen LogP contribution in [0.2, 0.25) is 0 Å². The first-order valence-corrected chi connectivity index (χ1v) is 6.09. The molecule has 2 saturated heterocycles. The lowest BCUT2D eigenvalue weighted by Gasteiger charge is -2.13. The second-order valence-electron chi connectivity index (χ2n) is 4.60. The molecule has 3 heterocycles. The van der Waals surface area contributed by atoms with Crippen molar-refractivity contribution in [2.45, 2.75) is 50.7 Å². The molecule has 0 radical (unpaired) electrons. The van der Waals surface area contributed by atoms with Gasteiger partial charge in [0.25, 0.3) is 0 Å². The maximum absolute atomic E-state index is 5.79. The van der Waals surface area contributed by atoms with E-state index in [1.54, 1.807) is 0 Å². The molecule has 2 fully saturated rings. The number of anilines is 1. The SMILES string of the molecule is CCCNc1nc(C2CC3CCC2O3)no1. The Labute approximate surface area is 94.6 Å². The van der Waals surface area contributed by atoms with Gasteiger partial charge in [-0.1, -0.05) is 12.1 Å². The summed E-state index contributed by atoms with van der Waals surface area (Å²) in [5.41, 5.74) is 0. The molecule has 0 aliphatic carbocycles. The van der Waals surface area contributed by atoms with Crippen LogP contribution in [0.25, 0.3) is 0 Å². The zero-order valence-corrected chi connectivity index (χ0v) is 9.48. The van der Waals surface area contributed by atoms with E-state index >= 15 is 0 Å². The van der Waals surface area contributed by atoms with Crippen LogP contribution in [0.4, 0.5) is 6.01 Å². The highest BCUT2D eigenvalue weighted by Crippen LogP contribution is 2.43. The average Bonchev–Trinajstić information content (AvgIpc) is 3.01. The summed E-state index contributed by atoms with van der Waals surface area (Å²) in [5.74, 6) is 1.16. The Morgan fingerprint density at radius 1 is 1.44 bits per heavy atom. The third-order valence-electron chi connectivity index (χ3n) is 3.41. The largest absolute Gasteiger partial charge is 0.374 e. The van der Waals surface area contributed by atoms with Crippen LogP contribution in [0, 0.1) is 0 Å². The van der Waals surface area contributed by atoms with Crippen molar-refractivity contribution >= 4 is 6.01 Å². The van der Waals surface area contributed by atoms with Gasteiger partial charge in [0.05, 0.1) is 18.1 Å². The molecule has 1 aromatic rings. The van der Waals surface area contributed by atoms with Crippen molar-refractivity contribution in [3.8, 4) is 0 Å². The van der Waals surface area contributed by atoms with Crippen LogP contribution in [0.3, 0.4) is 0 Å². The number of ether oxygens (including phenoxy) is 1. The Morgan fingerprint density at radius 2 is 2.38 bits per heavy atom. The summed E-state index contributed by atoms with van der Waals surface area (Å²) >= 11 is 0. The Hall–Kier alpha value is -1.10. The van der Waals surface area contributed by atoms with Gasteiger partial charge in [0.1, 0.15) is 0 Å². The Balaban J connectivity index is 1.68. The van der Waals surface area contributed by atoms with Crippen molar-refractivity contribution in [2.24, 2.45) is 0 Å². The minimum atomic E-state index is 0.321. The van der Waals surface area contributed by atoms with Gasteiger partial charge in [-0.3, -0.25) is 0 Å². The van der Waals surface area contributed by atoms with Crippen LogP contribution in [0.5, 0.6) is 0 Å². The van der Waals surface area contributed by atoms with Crippen LogP contribution in [-0.4, -0.2) is 28.9 Å². The van der Waals surface area contributed by atoms with E-state index < -0.39 is 0 Å². The van der Waals surface area contributed by atoms with Gasteiger partial charge in [-0.15, -0.1) is 0 Å². The van der Waals surface area contributed by atoms with Crippen molar-refractivity contribution in [3.05, 3.63) is 5.82 Å². The number of nitrogens with one attached hydrogen (secondary N) is 1. The van der Waals surface area contributed by atoms with E-state index in [-0.39, 0.29) is 0 Å². The maximum Gasteiger partial charge on any atom is 0.321 e. The van der Waals surface area contributed by atoms with Gasteiger partial charge >= 0.3 is 6.01 Å². The molecule has 0 aromatic carbocycles. The molecule has 88 valence electrons. The molecule has 2 aliphatic rings. The number of rotatable bonds is 4. The fourth-order valence-electron chi connectivity index (χ4n) is 2.60. The van der Waals surface area contributed by atoms with Crippen LogP contribution >= 0.6 is 0 Å². The molecular formula is C11H17N3O2. The molecule has 0 spiro atoms. The smallest absolute Gasteiger partial charge is 0.321 e. The average molecular weight is 223 g/mol. The van der Waals surface area contributed by atoms with Crippen molar-refractivity contribution in [2.75, 3.05) is 11.9 Å². The normalized spacial score (nSPS) is 32.2. The number of aromatic nitrogens is 2. The number of nitrogens with zero attached hydrogens (tertiary/aromatic N) is 2. The molecular weight excluding hydrogens is 206 g/mol. The van der Waals surface area contributed by atoms with Crippen molar-refractivity contribution < 1.29 is 9.26 Å². The predicted octanol–water partition coefficient (Wildman–Crippen LogP) is 1.93. The molecule has 2 bridgehead atoms. The minimum absolute atomic E-state index is 0.321. The number of fused-ring (bicyclic) bond motifs is 2. The molecule has 0 amide bonds. The summed E-state index contributed by atoms with van der Waals surface area (Å²) in [6, 6.07) is 0.541. The molecule has 0 saturated carbocycles. The molecule has 16 heavy (non-hydrogen) atoms. The molecule has 1 aromatic heterocycles. The summed E-state index contributed by atoms with van der Waals surface area (Å²) in [4.78, 5) is 4.38. The molecule has 3 unspecified atom stereocenters. The summed E-state index contributed by atoms with van der Waals surface area (Å²) in [7, 11) is 0. The van der Waals surface area contributed by atoms with Crippen LogP contribution in [0.1, 0.15) is 44.3 Å². The molecule has 2 aliphatic heterocycles. The summed E-state index contributed by atoms with van der Waals surface area (Å²) in [6.07, 6.45) is 5.19. The molecule has 3 rings (SSSR count). The number of hydrogen-bond acceptors (Lipinski definition) is 5. The molecule has 3 atom stereocenters. The zero-order chi connectivity index (χ0) is 11.0. The second kappa shape index (κ2) is 4.05. The predicted molar refractivity (Wildman–Crippen MR) is 58.3 cm³/mol. The highest BCUT2D eigenvalue weighted by Gasteiger charge is 2.43.